The summed E-state index contributed by atoms with van der Waals surface area (Å²) < 4.78 is 0. The highest BCUT2D eigenvalue weighted by molar-refractivity contribution is 6.35. The minimum Gasteiger partial charge on any atom is -0.0843 e. The monoisotopic (exact) mass is 185 g/mol. The van der Waals surface area contributed by atoms with Gasteiger partial charge in [0.15, 0.2) is 0 Å². The van der Waals surface area contributed by atoms with Crippen molar-refractivity contribution in [3.05, 3.63) is 40.7 Å². The van der Waals surface area contributed by atoms with Crippen LogP contribution in [-0.2, 0) is 0 Å². The van der Waals surface area contributed by atoms with Gasteiger partial charge >= 0.3 is 23.1 Å². The van der Waals surface area contributed by atoms with Gasteiger partial charge in [-0.3, -0.25) is 0 Å². The molecule has 51 valence electrons. The molecule has 0 N–H and O–H groups in total. The van der Waals surface area contributed by atoms with Crippen LogP contribution in [0.5, 0.6) is 0 Å². The molecule has 0 heterocycles. The number of halogens is 2. The summed E-state index contributed by atoms with van der Waals surface area (Å²) in [5.74, 6) is 0. The molecule has 0 aliphatic carbocycles. The summed E-state index contributed by atoms with van der Waals surface area (Å²) in [6.45, 7) is 3.67. The molecule has 10 heavy (non-hydrogen) atoms. The van der Waals surface area contributed by atoms with Crippen molar-refractivity contribution in [2.24, 2.45) is 0 Å². The maximum absolute atomic E-state index is 5.67. The molecule has 1 aromatic rings. The van der Waals surface area contributed by atoms with E-state index in [0.717, 1.165) is 5.56 Å². The molecule has 1 radical (unpaired) electrons. The van der Waals surface area contributed by atoms with E-state index in [-0.39, 0.29) is 23.1 Å². The Bertz CT molecular complexity index is 223. The van der Waals surface area contributed by atoms with E-state index in [4.69, 9.17) is 23.2 Å². The van der Waals surface area contributed by atoms with E-state index in [2.05, 4.69) is 6.92 Å². The molecule has 0 amide bonds. The Kier molecular flexibility index (Phi) is 4.70. The zero-order valence-electron chi connectivity index (χ0n) is 4.70. The van der Waals surface area contributed by atoms with Crippen molar-refractivity contribution in [1.29, 1.82) is 0 Å². The number of benzene rings is 1. The first-order chi connectivity index (χ1) is 4.20. The summed E-state index contributed by atoms with van der Waals surface area (Å²) in [6, 6.07) is 5.21. The zero-order valence-corrected chi connectivity index (χ0v) is 6.21. The van der Waals surface area contributed by atoms with Gasteiger partial charge < -0.3 is 0 Å². The molecule has 0 nitrogen and oxygen atoms in total. The smallest absolute Gasteiger partial charge is 0.0843 e. The van der Waals surface area contributed by atoms with Crippen LogP contribution in [0.2, 0.25) is 10.0 Å². The van der Waals surface area contributed by atoms with Crippen molar-refractivity contribution >= 4 is 46.3 Å². The van der Waals surface area contributed by atoms with Crippen LogP contribution in [0.1, 0.15) is 5.56 Å². The normalized spacial score (nSPS) is 8.70. The van der Waals surface area contributed by atoms with Crippen molar-refractivity contribution < 1.29 is 0 Å². The highest BCUT2D eigenvalue weighted by atomic mass is 35.5. The fourth-order valence-corrected chi connectivity index (χ4v) is 0.930. The Labute approximate surface area is 86.7 Å². The third-order valence-electron chi connectivity index (χ3n) is 1.02. The lowest BCUT2D eigenvalue weighted by molar-refractivity contribution is 1.61. The van der Waals surface area contributed by atoms with E-state index in [1.54, 1.807) is 18.2 Å². The van der Waals surface area contributed by atoms with Gasteiger partial charge in [-0.25, -0.2) is 0 Å². The minimum absolute atomic E-state index is 0. The van der Waals surface area contributed by atoms with Gasteiger partial charge in [0.05, 0.1) is 0 Å². The fourth-order valence-electron chi connectivity index (χ4n) is 0.522. The first kappa shape index (κ1) is 10.6. The van der Waals surface area contributed by atoms with Gasteiger partial charge in [0.25, 0.3) is 0 Å². The predicted octanol–water partition coefficient (Wildman–Crippen LogP) is 2.26. The van der Waals surface area contributed by atoms with Crippen molar-refractivity contribution in [3.63, 3.8) is 0 Å². The second-order valence-electron chi connectivity index (χ2n) is 1.74. The van der Waals surface area contributed by atoms with Crippen molar-refractivity contribution in [2.75, 3.05) is 0 Å². The summed E-state index contributed by atoms with van der Waals surface area (Å²) in [7, 11) is 0. The highest BCUT2D eigenvalue weighted by Crippen LogP contribution is 2.19. The summed E-state index contributed by atoms with van der Waals surface area (Å²) in [5, 5.41) is 1.26. The molecule has 0 atom stereocenters. The van der Waals surface area contributed by atoms with Crippen LogP contribution in [0.25, 0.3) is 0 Å². The molecular weight excluding hydrogens is 179 g/mol. The molecule has 0 spiro atoms. The number of rotatable bonds is 0. The maximum atomic E-state index is 5.67. The van der Waals surface area contributed by atoms with E-state index in [0.29, 0.717) is 10.0 Å². The minimum atomic E-state index is 0. The van der Waals surface area contributed by atoms with E-state index < -0.39 is 0 Å². The van der Waals surface area contributed by atoms with Crippen LogP contribution in [0.15, 0.2) is 18.2 Å². The Balaban J connectivity index is 0.000000810. The Morgan fingerprint density at radius 3 is 2.20 bits per heavy atom. The molecule has 3 heteroatoms. The summed E-state index contributed by atoms with van der Waals surface area (Å²) >= 11 is 11.3. The number of hydrogen-bond donors (Lipinski definition) is 0. The van der Waals surface area contributed by atoms with E-state index in [1.807, 2.05) is 0 Å². The van der Waals surface area contributed by atoms with Crippen LogP contribution in [0.4, 0.5) is 0 Å². The van der Waals surface area contributed by atoms with Crippen LogP contribution < -0.4 is 0 Å². The molecule has 0 aromatic heterocycles. The van der Waals surface area contributed by atoms with Crippen molar-refractivity contribution in [2.45, 2.75) is 0 Å². The standard InChI is InChI=1S/C7H5Cl2.Mg.2H/c1-5-2-3-6(8)4-7(5)9;;;/h2-4H,1H2;;;. The molecule has 0 bridgehead atoms. The Hall–Kier alpha value is 0.566. The van der Waals surface area contributed by atoms with Gasteiger partial charge in [0.2, 0.25) is 0 Å². The maximum Gasteiger partial charge on any atom is 0.316 e. The van der Waals surface area contributed by atoms with Gasteiger partial charge in [-0.2, -0.15) is 0 Å². The fraction of sp³-hybridized carbons (Fsp3) is 0. The molecule has 0 fully saturated rings. The van der Waals surface area contributed by atoms with Gasteiger partial charge in [-0.15, -0.1) is 0 Å². The molecule has 0 saturated heterocycles. The molecular formula is C7H7Cl2Mg. The van der Waals surface area contributed by atoms with Crippen LogP contribution in [0.3, 0.4) is 0 Å². The van der Waals surface area contributed by atoms with Crippen LogP contribution in [-0.4, -0.2) is 23.1 Å². The molecule has 1 rings (SSSR count). The molecule has 1 aromatic carbocycles. The van der Waals surface area contributed by atoms with Gasteiger partial charge in [0, 0.05) is 10.0 Å². The first-order valence-electron chi connectivity index (χ1n) is 2.47. The largest absolute Gasteiger partial charge is 0.316 e. The van der Waals surface area contributed by atoms with Crippen LogP contribution >= 0.6 is 23.2 Å². The lowest BCUT2D eigenvalue weighted by atomic mass is 10.2. The van der Waals surface area contributed by atoms with E-state index >= 15 is 0 Å². The second kappa shape index (κ2) is 4.45. The van der Waals surface area contributed by atoms with Crippen molar-refractivity contribution in [1.82, 2.24) is 0 Å². The first-order valence-corrected chi connectivity index (χ1v) is 3.23. The molecule has 0 aliphatic heterocycles. The molecule has 0 unspecified atom stereocenters. The second-order valence-corrected chi connectivity index (χ2v) is 2.58. The summed E-state index contributed by atoms with van der Waals surface area (Å²) in [5.41, 5.74) is 0.807. The molecule has 0 saturated carbocycles. The third-order valence-corrected chi connectivity index (χ3v) is 1.60. The predicted molar refractivity (Wildman–Crippen MR) is 49.5 cm³/mol. The van der Waals surface area contributed by atoms with Gasteiger partial charge in [0.1, 0.15) is 0 Å². The van der Waals surface area contributed by atoms with Crippen LogP contribution in [0, 0.1) is 6.92 Å². The quantitative estimate of drug-likeness (QED) is 0.545. The molecule has 0 aliphatic rings. The van der Waals surface area contributed by atoms with Gasteiger partial charge in [-0.1, -0.05) is 29.3 Å². The van der Waals surface area contributed by atoms with Gasteiger partial charge in [-0.05, 0) is 24.6 Å². The average molecular weight is 186 g/mol. The number of hydrogen-bond acceptors (Lipinski definition) is 0. The van der Waals surface area contributed by atoms with Crippen molar-refractivity contribution in [3.8, 4) is 0 Å². The highest BCUT2D eigenvalue weighted by Gasteiger charge is 1.92. The topological polar surface area (TPSA) is 0 Å². The Morgan fingerprint density at radius 1 is 1.20 bits per heavy atom. The van der Waals surface area contributed by atoms with E-state index in [9.17, 15) is 0 Å². The zero-order chi connectivity index (χ0) is 6.85. The summed E-state index contributed by atoms with van der Waals surface area (Å²) in [4.78, 5) is 0. The third kappa shape index (κ3) is 2.66. The Morgan fingerprint density at radius 2 is 1.80 bits per heavy atom. The van der Waals surface area contributed by atoms with E-state index in [1.165, 1.54) is 0 Å². The lowest BCUT2D eigenvalue weighted by Gasteiger charge is -1.94. The average Bonchev–Trinajstić information content (AvgIpc) is 1.80. The summed E-state index contributed by atoms with van der Waals surface area (Å²) in [6.07, 6.45) is 0. The lowest BCUT2D eigenvalue weighted by Crippen LogP contribution is -1.71. The SMILES string of the molecule is [CH2]c1ccc(Cl)cc1Cl.[MgH2].